The third-order valence-corrected chi connectivity index (χ3v) is 3.88. The Morgan fingerprint density at radius 1 is 1.69 bits per heavy atom. The smallest absolute Gasteiger partial charge is 0.0801 e. The van der Waals surface area contributed by atoms with Crippen LogP contribution in [0.2, 0.25) is 0 Å². The van der Waals surface area contributed by atoms with Crippen LogP contribution in [0.15, 0.2) is 12.6 Å². The maximum absolute atomic E-state index is 9.73. The first-order valence-corrected chi connectivity index (χ1v) is 5.46. The van der Waals surface area contributed by atoms with Gasteiger partial charge < -0.3 is 5.11 Å². The van der Waals surface area contributed by atoms with Crippen molar-refractivity contribution in [3.63, 3.8) is 0 Å². The number of aliphatic hydroxyl groups is 1. The molecule has 0 aliphatic heterocycles. The van der Waals surface area contributed by atoms with E-state index in [2.05, 4.69) is 12.6 Å². The fraction of sp³-hybridized carbons (Fsp3) is 0.455. The summed E-state index contributed by atoms with van der Waals surface area (Å²) in [4.78, 5) is 2.59. The third-order valence-electron chi connectivity index (χ3n) is 2.50. The van der Waals surface area contributed by atoms with Gasteiger partial charge in [-0.15, -0.1) is 11.3 Å². The van der Waals surface area contributed by atoms with Crippen LogP contribution in [-0.2, 0) is 6.42 Å². The van der Waals surface area contributed by atoms with Crippen LogP contribution in [0.5, 0.6) is 0 Å². The number of aliphatic hydroxyl groups excluding tert-OH is 1. The van der Waals surface area contributed by atoms with E-state index in [-0.39, 0.29) is 6.10 Å². The van der Waals surface area contributed by atoms with Gasteiger partial charge in [0.05, 0.1) is 6.10 Å². The Morgan fingerprint density at radius 3 is 3.08 bits per heavy atom. The fourth-order valence-corrected chi connectivity index (χ4v) is 2.93. The minimum absolute atomic E-state index is 0.229. The molecule has 0 amide bonds. The Labute approximate surface area is 82.7 Å². The van der Waals surface area contributed by atoms with Crippen molar-refractivity contribution in [2.75, 3.05) is 0 Å². The van der Waals surface area contributed by atoms with Crippen molar-refractivity contribution in [3.8, 4) is 0 Å². The van der Waals surface area contributed by atoms with Gasteiger partial charge in [0, 0.05) is 9.75 Å². The minimum Gasteiger partial charge on any atom is -0.388 e. The molecule has 1 heterocycles. The second-order valence-electron chi connectivity index (χ2n) is 3.68. The van der Waals surface area contributed by atoms with Gasteiger partial charge >= 0.3 is 0 Å². The Bertz CT molecular complexity index is 338. The van der Waals surface area contributed by atoms with E-state index in [4.69, 9.17) is 0 Å². The number of aryl methyl sites for hydroxylation is 1. The van der Waals surface area contributed by atoms with Gasteiger partial charge in [-0.05, 0) is 43.4 Å². The van der Waals surface area contributed by atoms with Crippen molar-refractivity contribution < 1.29 is 5.11 Å². The van der Waals surface area contributed by atoms with Gasteiger partial charge in [-0.25, -0.2) is 0 Å². The predicted molar refractivity (Wildman–Crippen MR) is 56.9 cm³/mol. The minimum atomic E-state index is -0.229. The molecule has 2 rings (SSSR count). The van der Waals surface area contributed by atoms with Gasteiger partial charge in [0.1, 0.15) is 0 Å². The summed E-state index contributed by atoms with van der Waals surface area (Å²) in [7, 11) is 0. The summed E-state index contributed by atoms with van der Waals surface area (Å²) in [5, 5.41) is 9.73. The Kier molecular flexibility index (Phi) is 2.26. The number of hydrogen-bond acceptors (Lipinski definition) is 2. The lowest BCUT2D eigenvalue weighted by molar-refractivity contribution is 0.157. The van der Waals surface area contributed by atoms with Crippen molar-refractivity contribution in [1.82, 2.24) is 0 Å². The molecule has 0 bridgehead atoms. The van der Waals surface area contributed by atoms with E-state index in [1.165, 1.54) is 9.75 Å². The Morgan fingerprint density at radius 2 is 2.46 bits per heavy atom. The van der Waals surface area contributed by atoms with Crippen LogP contribution < -0.4 is 0 Å². The van der Waals surface area contributed by atoms with Gasteiger partial charge in [0.15, 0.2) is 0 Å². The number of thiophene rings is 1. The summed E-state index contributed by atoms with van der Waals surface area (Å²) in [5.74, 6) is 0. The predicted octanol–water partition coefficient (Wildman–Crippen LogP) is 3.15. The van der Waals surface area contributed by atoms with E-state index in [1.54, 1.807) is 11.3 Å². The van der Waals surface area contributed by atoms with E-state index >= 15 is 0 Å². The standard InChI is InChI=1S/C11H14OS/c1-7(2)11-6-8-9(12)4-3-5-10(8)13-11/h6,9,12H,1,3-5H2,2H3. The van der Waals surface area contributed by atoms with E-state index in [0.29, 0.717) is 0 Å². The van der Waals surface area contributed by atoms with E-state index in [0.717, 1.165) is 30.4 Å². The van der Waals surface area contributed by atoms with Crippen LogP contribution in [0.1, 0.15) is 41.2 Å². The maximum atomic E-state index is 9.73. The zero-order valence-corrected chi connectivity index (χ0v) is 8.66. The SMILES string of the molecule is C=C(C)c1cc2c(s1)CCCC2O. The number of allylic oxidation sites excluding steroid dienone is 1. The first-order chi connectivity index (χ1) is 6.18. The fourth-order valence-electron chi connectivity index (χ4n) is 1.74. The highest BCUT2D eigenvalue weighted by Crippen LogP contribution is 2.37. The quantitative estimate of drug-likeness (QED) is 0.728. The molecule has 0 fully saturated rings. The molecule has 70 valence electrons. The van der Waals surface area contributed by atoms with Gasteiger partial charge in [-0.3, -0.25) is 0 Å². The van der Waals surface area contributed by atoms with Crippen LogP contribution in [-0.4, -0.2) is 5.11 Å². The molecule has 1 N–H and O–H groups in total. The summed E-state index contributed by atoms with van der Waals surface area (Å²) >= 11 is 1.79. The zero-order valence-electron chi connectivity index (χ0n) is 7.84. The lowest BCUT2D eigenvalue weighted by atomic mass is 9.96. The van der Waals surface area contributed by atoms with Crippen molar-refractivity contribution in [2.45, 2.75) is 32.3 Å². The monoisotopic (exact) mass is 194 g/mol. The molecule has 0 saturated heterocycles. The maximum Gasteiger partial charge on any atom is 0.0801 e. The molecular weight excluding hydrogens is 180 g/mol. The molecule has 0 aromatic carbocycles. The molecule has 1 nitrogen and oxygen atoms in total. The number of rotatable bonds is 1. The molecule has 0 spiro atoms. The van der Waals surface area contributed by atoms with Crippen molar-refractivity contribution in [2.24, 2.45) is 0 Å². The van der Waals surface area contributed by atoms with Crippen LogP contribution in [0.25, 0.3) is 5.57 Å². The average molecular weight is 194 g/mol. The summed E-state index contributed by atoms with van der Waals surface area (Å²) < 4.78 is 0. The molecule has 1 aliphatic carbocycles. The van der Waals surface area contributed by atoms with Crippen molar-refractivity contribution >= 4 is 16.9 Å². The topological polar surface area (TPSA) is 20.2 Å². The lowest BCUT2D eigenvalue weighted by Gasteiger charge is -2.16. The normalized spacial score (nSPS) is 21.2. The van der Waals surface area contributed by atoms with Gasteiger partial charge in [0.25, 0.3) is 0 Å². The van der Waals surface area contributed by atoms with Crippen LogP contribution >= 0.6 is 11.3 Å². The Balaban J connectivity index is 2.42. The molecule has 0 radical (unpaired) electrons. The van der Waals surface area contributed by atoms with Crippen molar-refractivity contribution in [3.05, 3.63) is 28.0 Å². The largest absolute Gasteiger partial charge is 0.388 e. The number of fused-ring (bicyclic) bond motifs is 1. The summed E-state index contributed by atoms with van der Waals surface area (Å²) in [6, 6.07) is 2.10. The molecule has 1 atom stereocenters. The average Bonchev–Trinajstić information content (AvgIpc) is 2.49. The molecule has 13 heavy (non-hydrogen) atoms. The van der Waals surface area contributed by atoms with Gasteiger partial charge in [0.2, 0.25) is 0 Å². The molecule has 1 aliphatic rings. The lowest BCUT2D eigenvalue weighted by Crippen LogP contribution is -2.05. The molecule has 2 heteroatoms. The van der Waals surface area contributed by atoms with Crippen LogP contribution in [0.4, 0.5) is 0 Å². The first kappa shape index (κ1) is 8.97. The third kappa shape index (κ3) is 1.56. The highest BCUT2D eigenvalue weighted by molar-refractivity contribution is 7.13. The van der Waals surface area contributed by atoms with E-state index < -0.39 is 0 Å². The summed E-state index contributed by atoms with van der Waals surface area (Å²) in [6.07, 6.45) is 2.93. The highest BCUT2D eigenvalue weighted by Gasteiger charge is 2.20. The molecule has 0 saturated carbocycles. The summed E-state index contributed by atoms with van der Waals surface area (Å²) in [6.45, 7) is 5.94. The first-order valence-electron chi connectivity index (χ1n) is 4.65. The van der Waals surface area contributed by atoms with E-state index in [9.17, 15) is 5.11 Å². The molecule has 1 unspecified atom stereocenters. The molecular formula is C11H14OS. The number of hydrogen-bond donors (Lipinski definition) is 1. The highest BCUT2D eigenvalue weighted by atomic mass is 32.1. The van der Waals surface area contributed by atoms with E-state index in [1.807, 2.05) is 6.92 Å². The van der Waals surface area contributed by atoms with Crippen LogP contribution in [0.3, 0.4) is 0 Å². The van der Waals surface area contributed by atoms with Crippen molar-refractivity contribution in [1.29, 1.82) is 0 Å². The second kappa shape index (κ2) is 3.28. The molecule has 1 aromatic rings. The summed E-state index contributed by atoms with van der Waals surface area (Å²) in [5.41, 5.74) is 2.25. The Hall–Kier alpha value is -0.600. The van der Waals surface area contributed by atoms with Gasteiger partial charge in [-0.2, -0.15) is 0 Å². The second-order valence-corrected chi connectivity index (χ2v) is 4.81. The zero-order chi connectivity index (χ0) is 9.42. The van der Waals surface area contributed by atoms with Gasteiger partial charge in [-0.1, -0.05) is 6.58 Å². The molecule has 1 aromatic heterocycles. The van der Waals surface area contributed by atoms with Crippen LogP contribution in [0, 0.1) is 0 Å².